The summed E-state index contributed by atoms with van der Waals surface area (Å²) in [4.78, 5) is 0. The first-order valence-corrected chi connectivity index (χ1v) is 18.1. The Balaban J connectivity index is 2.42. The molecule has 0 N–H and O–H groups in total. The van der Waals surface area contributed by atoms with E-state index < -0.39 is 16.4 Å². The van der Waals surface area contributed by atoms with Crippen molar-refractivity contribution in [2.75, 3.05) is 6.61 Å². The second kappa shape index (κ2) is 9.87. The van der Waals surface area contributed by atoms with Gasteiger partial charge in [0.05, 0.1) is 8.07 Å². The molecule has 170 valence electrons. The van der Waals surface area contributed by atoms with Crippen molar-refractivity contribution in [3.8, 4) is 0 Å². The van der Waals surface area contributed by atoms with Crippen molar-refractivity contribution < 1.29 is 4.43 Å². The summed E-state index contributed by atoms with van der Waals surface area (Å²) in [6, 6.07) is 11.3. The van der Waals surface area contributed by atoms with Gasteiger partial charge in [0.1, 0.15) is 0 Å². The lowest BCUT2D eigenvalue weighted by Gasteiger charge is -2.40. The van der Waals surface area contributed by atoms with E-state index in [2.05, 4.69) is 104 Å². The molecule has 0 bridgehead atoms. The van der Waals surface area contributed by atoms with E-state index in [0.29, 0.717) is 5.54 Å². The zero-order chi connectivity index (χ0) is 22.7. The minimum absolute atomic E-state index is 0.253. The predicted molar refractivity (Wildman–Crippen MR) is 140 cm³/mol. The summed E-state index contributed by atoms with van der Waals surface area (Å²) in [6.45, 7) is 25.1. The molecule has 3 atom stereocenters. The summed E-state index contributed by atoms with van der Waals surface area (Å²) in [7, 11) is -3.49. The molecule has 0 aromatic heterocycles. The topological polar surface area (TPSA) is 9.23 Å². The van der Waals surface area contributed by atoms with Crippen LogP contribution in [-0.2, 0) is 4.43 Å². The quantitative estimate of drug-likeness (QED) is 0.305. The number of benzene rings is 1. The molecule has 3 heteroatoms. The van der Waals surface area contributed by atoms with Crippen molar-refractivity contribution in [3.63, 3.8) is 0 Å². The van der Waals surface area contributed by atoms with Gasteiger partial charge in [-0.25, -0.2) is 0 Å². The molecule has 0 saturated heterocycles. The van der Waals surface area contributed by atoms with E-state index in [-0.39, 0.29) is 5.04 Å². The first-order chi connectivity index (χ1) is 13.8. The van der Waals surface area contributed by atoms with E-state index in [4.69, 9.17) is 4.43 Å². The highest BCUT2D eigenvalue weighted by Gasteiger charge is 2.40. The standard InChI is InChI=1S/C27H48OSi2/c1-21(2)26-17-16-22(3)18-23(26)19-25(20-28-30(9,10)27(4,5)6)29(7,8)24-14-12-11-13-15-24/h11-15,19,21-22,25-26H,16-18,20H2,1-10H3/b23-19+/t22-,25-,26+/m1/s1. The number of allylic oxidation sites excluding steroid dienone is 1. The maximum atomic E-state index is 6.86. The third kappa shape index (κ3) is 6.20. The molecule has 1 aliphatic carbocycles. The van der Waals surface area contributed by atoms with Gasteiger partial charge in [0.15, 0.2) is 8.32 Å². The Hall–Kier alpha value is -0.646. The van der Waals surface area contributed by atoms with Gasteiger partial charge in [-0.15, -0.1) is 0 Å². The third-order valence-corrected chi connectivity index (χ3v) is 16.6. The molecule has 1 aromatic rings. The number of hydrogen-bond acceptors (Lipinski definition) is 1. The highest BCUT2D eigenvalue weighted by atomic mass is 28.4. The van der Waals surface area contributed by atoms with Gasteiger partial charge in [-0.1, -0.05) is 102 Å². The Morgan fingerprint density at radius 1 is 1.03 bits per heavy atom. The molecular formula is C27H48OSi2. The smallest absolute Gasteiger partial charge is 0.191 e. The van der Waals surface area contributed by atoms with E-state index in [1.165, 1.54) is 19.3 Å². The molecule has 0 spiro atoms. The largest absolute Gasteiger partial charge is 0.417 e. The average Bonchev–Trinajstić information content (AvgIpc) is 2.64. The van der Waals surface area contributed by atoms with Crippen LogP contribution in [0.5, 0.6) is 0 Å². The summed E-state index contributed by atoms with van der Waals surface area (Å²) in [5, 5.41) is 1.80. The van der Waals surface area contributed by atoms with Crippen LogP contribution in [0.1, 0.15) is 60.8 Å². The zero-order valence-electron chi connectivity index (χ0n) is 21.5. The SMILES string of the molecule is CC(C)[C@@H]1CC[C@@H](C)C/C1=C\[C@H](CO[Si](C)(C)C(C)(C)C)[Si](C)(C)c1ccccc1. The van der Waals surface area contributed by atoms with Gasteiger partial charge in [-0.2, -0.15) is 0 Å². The maximum absolute atomic E-state index is 6.86. The minimum Gasteiger partial charge on any atom is -0.417 e. The highest BCUT2D eigenvalue weighted by molar-refractivity contribution is 6.91. The fraction of sp³-hybridized carbons (Fsp3) is 0.704. The van der Waals surface area contributed by atoms with Crippen LogP contribution in [0.4, 0.5) is 0 Å². The molecule has 0 radical (unpaired) electrons. The second-order valence-corrected chi connectivity index (χ2v) is 21.8. The van der Waals surface area contributed by atoms with Gasteiger partial charge >= 0.3 is 0 Å². The lowest BCUT2D eigenvalue weighted by molar-refractivity contribution is 0.285. The van der Waals surface area contributed by atoms with Crippen molar-refractivity contribution in [2.45, 2.75) is 97.6 Å². The molecular weight excluding hydrogens is 396 g/mol. The Morgan fingerprint density at radius 3 is 2.17 bits per heavy atom. The first-order valence-electron chi connectivity index (χ1n) is 12.2. The summed E-state index contributed by atoms with van der Waals surface area (Å²) < 4.78 is 6.86. The van der Waals surface area contributed by atoms with Gasteiger partial charge in [0.25, 0.3) is 0 Å². The number of rotatable bonds is 7. The summed E-state index contributed by atoms with van der Waals surface area (Å²) in [5.74, 6) is 2.29. The normalized spacial score (nSPS) is 23.8. The van der Waals surface area contributed by atoms with Crippen molar-refractivity contribution >= 4 is 21.6 Å². The Kier molecular flexibility index (Phi) is 8.43. The summed E-state index contributed by atoms with van der Waals surface area (Å²) >= 11 is 0. The lowest BCUT2D eigenvalue weighted by Crippen LogP contribution is -2.49. The Labute approximate surface area is 189 Å². The van der Waals surface area contributed by atoms with Gasteiger partial charge in [-0.3, -0.25) is 0 Å². The van der Waals surface area contributed by atoms with Crippen LogP contribution >= 0.6 is 0 Å². The average molecular weight is 445 g/mol. The molecule has 1 nitrogen and oxygen atoms in total. The fourth-order valence-corrected chi connectivity index (χ4v) is 8.38. The van der Waals surface area contributed by atoms with Crippen LogP contribution in [0, 0.1) is 17.8 Å². The second-order valence-electron chi connectivity index (χ2n) is 12.2. The summed E-state index contributed by atoms with van der Waals surface area (Å²) in [5.41, 5.74) is 2.25. The van der Waals surface area contributed by atoms with Crippen LogP contribution in [0.25, 0.3) is 0 Å². The van der Waals surface area contributed by atoms with E-state index in [1.807, 2.05) is 0 Å². The Bertz CT molecular complexity index is 697. The van der Waals surface area contributed by atoms with Crippen molar-refractivity contribution in [1.82, 2.24) is 0 Å². The molecule has 0 aliphatic heterocycles. The van der Waals surface area contributed by atoms with Crippen LogP contribution in [-0.4, -0.2) is 23.0 Å². The molecule has 30 heavy (non-hydrogen) atoms. The zero-order valence-corrected chi connectivity index (χ0v) is 23.5. The van der Waals surface area contributed by atoms with Crippen LogP contribution < -0.4 is 5.19 Å². The van der Waals surface area contributed by atoms with Crippen LogP contribution in [0.15, 0.2) is 42.0 Å². The van der Waals surface area contributed by atoms with E-state index in [9.17, 15) is 0 Å². The minimum atomic E-state index is -1.77. The number of hydrogen-bond donors (Lipinski definition) is 0. The van der Waals surface area contributed by atoms with Crippen molar-refractivity contribution in [3.05, 3.63) is 42.0 Å². The van der Waals surface area contributed by atoms with Gasteiger partial charge in [-0.05, 0) is 60.7 Å². The maximum Gasteiger partial charge on any atom is 0.191 e. The summed E-state index contributed by atoms with van der Waals surface area (Å²) in [6.07, 6.45) is 6.73. The molecule has 1 fully saturated rings. The van der Waals surface area contributed by atoms with Crippen LogP contribution in [0.2, 0.25) is 36.8 Å². The van der Waals surface area contributed by atoms with Crippen molar-refractivity contribution in [2.24, 2.45) is 17.8 Å². The van der Waals surface area contributed by atoms with E-state index in [1.54, 1.807) is 10.8 Å². The van der Waals surface area contributed by atoms with Crippen molar-refractivity contribution in [1.29, 1.82) is 0 Å². The predicted octanol–water partition coefficient (Wildman–Crippen LogP) is 8.01. The molecule has 0 heterocycles. The monoisotopic (exact) mass is 444 g/mol. The highest BCUT2D eigenvalue weighted by Crippen LogP contribution is 2.41. The van der Waals surface area contributed by atoms with E-state index in [0.717, 1.165) is 24.4 Å². The third-order valence-electron chi connectivity index (χ3n) is 8.13. The molecule has 0 amide bonds. The molecule has 1 aromatic carbocycles. The fourth-order valence-electron chi connectivity index (χ4n) is 4.58. The molecule has 0 unspecified atom stereocenters. The lowest BCUT2D eigenvalue weighted by atomic mass is 9.73. The van der Waals surface area contributed by atoms with Gasteiger partial charge < -0.3 is 4.43 Å². The van der Waals surface area contributed by atoms with E-state index >= 15 is 0 Å². The first kappa shape index (κ1) is 25.6. The molecule has 2 rings (SSSR count). The van der Waals surface area contributed by atoms with Gasteiger partial charge in [0, 0.05) is 6.61 Å². The Morgan fingerprint density at radius 2 is 1.63 bits per heavy atom. The molecule has 1 aliphatic rings. The molecule has 1 saturated carbocycles. The van der Waals surface area contributed by atoms with Gasteiger partial charge in [0.2, 0.25) is 0 Å². The van der Waals surface area contributed by atoms with Crippen LogP contribution in [0.3, 0.4) is 0 Å².